The van der Waals surface area contributed by atoms with Crippen molar-refractivity contribution < 1.29 is 0 Å². The number of hydrogen-bond acceptors (Lipinski definition) is 1. The molecule has 3 heteroatoms. The molecule has 0 unspecified atom stereocenters. The van der Waals surface area contributed by atoms with E-state index < -0.39 is 0 Å². The third-order valence-electron chi connectivity index (χ3n) is 1.07. The normalized spacial score (nSPS) is 9.82. The summed E-state index contributed by atoms with van der Waals surface area (Å²) < 4.78 is 0.921. The highest BCUT2D eigenvalue weighted by molar-refractivity contribution is 9.10. The van der Waals surface area contributed by atoms with Gasteiger partial charge in [0.05, 0.1) is 6.57 Å². The van der Waals surface area contributed by atoms with Crippen LogP contribution < -0.4 is 0 Å². The van der Waals surface area contributed by atoms with Crippen LogP contribution in [0.2, 0.25) is 0 Å². The van der Waals surface area contributed by atoms with Gasteiger partial charge in [0.1, 0.15) is 0 Å². The average Bonchev–Trinajstić information content (AvgIpc) is 2.01. The van der Waals surface area contributed by atoms with Crippen molar-refractivity contribution in [3.63, 3.8) is 0 Å². The van der Waals surface area contributed by atoms with Crippen LogP contribution in [-0.2, 0) is 0 Å². The summed E-state index contributed by atoms with van der Waals surface area (Å²) >= 11 is 3.28. The van der Waals surface area contributed by atoms with Gasteiger partial charge in [-0.1, -0.05) is 6.08 Å². The molecule has 1 aromatic heterocycles. The fraction of sp³-hybridized carbons (Fsp3) is 0. The van der Waals surface area contributed by atoms with Crippen LogP contribution in [0.15, 0.2) is 29.1 Å². The summed E-state index contributed by atoms with van der Waals surface area (Å²) in [6.07, 6.45) is 6.52. The molecule has 0 N–H and O–H groups in total. The number of aromatic nitrogens is 1. The van der Waals surface area contributed by atoms with Gasteiger partial charge in [-0.25, -0.2) is 4.85 Å². The molecule has 0 aromatic carbocycles. The molecule has 1 heterocycles. The van der Waals surface area contributed by atoms with Gasteiger partial charge in [-0.3, -0.25) is 4.98 Å². The van der Waals surface area contributed by atoms with Gasteiger partial charge in [-0.15, -0.1) is 0 Å². The van der Waals surface area contributed by atoms with E-state index in [2.05, 4.69) is 25.8 Å². The van der Waals surface area contributed by atoms with Gasteiger partial charge in [0, 0.05) is 16.9 Å². The monoisotopic (exact) mass is 208 g/mol. The Hall–Kier alpha value is -1.14. The second-order valence-corrected chi connectivity index (χ2v) is 2.80. The molecule has 0 amide bonds. The van der Waals surface area contributed by atoms with Crippen LogP contribution in [0, 0.1) is 6.57 Å². The van der Waals surface area contributed by atoms with Crippen molar-refractivity contribution >= 4 is 22.0 Å². The van der Waals surface area contributed by atoms with Crippen LogP contribution in [0.5, 0.6) is 0 Å². The van der Waals surface area contributed by atoms with Crippen LogP contribution in [-0.4, -0.2) is 4.98 Å². The van der Waals surface area contributed by atoms with Crippen LogP contribution in [0.25, 0.3) is 10.9 Å². The minimum atomic E-state index is 0.921. The predicted molar refractivity (Wildman–Crippen MR) is 47.6 cm³/mol. The maximum Gasteiger partial charge on any atom is 0.154 e. The smallest absolute Gasteiger partial charge is 0.154 e. The fourth-order valence-corrected chi connectivity index (χ4v) is 1.03. The summed E-state index contributed by atoms with van der Waals surface area (Å²) in [4.78, 5) is 7.02. The molecule has 0 aliphatic carbocycles. The topological polar surface area (TPSA) is 17.2 Å². The largest absolute Gasteiger partial charge is 0.263 e. The Morgan fingerprint density at radius 1 is 1.55 bits per heavy atom. The van der Waals surface area contributed by atoms with Gasteiger partial charge < -0.3 is 0 Å². The highest BCUT2D eigenvalue weighted by Gasteiger charge is 1.87. The van der Waals surface area contributed by atoms with E-state index in [0.717, 1.165) is 10.0 Å². The molecule has 2 nitrogen and oxygen atoms in total. The lowest BCUT2D eigenvalue weighted by Gasteiger charge is -1.91. The molecule has 0 aliphatic rings. The minimum Gasteiger partial charge on any atom is -0.263 e. The Balaban J connectivity index is 2.90. The van der Waals surface area contributed by atoms with Crippen molar-refractivity contribution in [2.45, 2.75) is 0 Å². The standard InChI is InChI=1S/C8H5BrN2/c1-10-3-2-7-4-8(9)6-11-5-7/h2-6H. The molecule has 0 atom stereocenters. The molecule has 1 rings (SSSR count). The number of nitrogens with zero attached hydrogens (tertiary/aromatic N) is 2. The predicted octanol–water partition coefficient (Wildman–Crippen LogP) is 2.73. The van der Waals surface area contributed by atoms with Gasteiger partial charge in [0.15, 0.2) is 6.20 Å². The summed E-state index contributed by atoms with van der Waals surface area (Å²) in [6, 6.07) is 1.90. The maximum absolute atomic E-state index is 6.51. The number of hydrogen-bond donors (Lipinski definition) is 0. The Labute approximate surface area is 73.5 Å². The first-order valence-corrected chi connectivity index (χ1v) is 3.76. The molecule has 0 saturated carbocycles. The lowest BCUT2D eigenvalue weighted by Crippen LogP contribution is -1.74. The van der Waals surface area contributed by atoms with E-state index >= 15 is 0 Å². The lowest BCUT2D eigenvalue weighted by atomic mass is 10.3. The highest BCUT2D eigenvalue weighted by Crippen LogP contribution is 2.10. The molecule has 54 valence electrons. The molecule has 0 aliphatic heterocycles. The summed E-state index contributed by atoms with van der Waals surface area (Å²) in [5, 5.41) is 0. The molecule has 0 radical (unpaired) electrons. The van der Waals surface area contributed by atoms with Gasteiger partial charge in [0.25, 0.3) is 0 Å². The van der Waals surface area contributed by atoms with Gasteiger partial charge in [0.2, 0.25) is 0 Å². The Bertz CT molecular complexity index is 312. The van der Waals surface area contributed by atoms with E-state index in [0.29, 0.717) is 0 Å². The van der Waals surface area contributed by atoms with E-state index in [9.17, 15) is 0 Å². The molecule has 0 fully saturated rings. The Kier molecular flexibility index (Phi) is 2.82. The average molecular weight is 209 g/mol. The summed E-state index contributed by atoms with van der Waals surface area (Å²) in [5.41, 5.74) is 0.926. The van der Waals surface area contributed by atoms with Crippen molar-refractivity contribution in [2.75, 3.05) is 0 Å². The van der Waals surface area contributed by atoms with Gasteiger partial charge in [-0.2, -0.15) is 0 Å². The lowest BCUT2D eigenvalue weighted by molar-refractivity contribution is 1.30. The zero-order valence-corrected chi connectivity index (χ0v) is 7.25. The van der Waals surface area contributed by atoms with Gasteiger partial charge in [-0.05, 0) is 27.6 Å². The van der Waals surface area contributed by atoms with Crippen LogP contribution in [0.1, 0.15) is 5.56 Å². The van der Waals surface area contributed by atoms with Gasteiger partial charge >= 0.3 is 0 Å². The van der Waals surface area contributed by atoms with Crippen molar-refractivity contribution in [2.24, 2.45) is 0 Å². The molecule has 0 spiro atoms. The number of pyridine rings is 1. The van der Waals surface area contributed by atoms with Crippen LogP contribution in [0.4, 0.5) is 0 Å². The fourth-order valence-electron chi connectivity index (χ4n) is 0.643. The van der Waals surface area contributed by atoms with Crippen LogP contribution >= 0.6 is 15.9 Å². The molecule has 11 heavy (non-hydrogen) atoms. The Morgan fingerprint density at radius 3 is 3.00 bits per heavy atom. The van der Waals surface area contributed by atoms with Crippen LogP contribution in [0.3, 0.4) is 0 Å². The second-order valence-electron chi connectivity index (χ2n) is 1.88. The van der Waals surface area contributed by atoms with E-state index in [4.69, 9.17) is 6.57 Å². The van der Waals surface area contributed by atoms with Crippen molar-refractivity contribution in [3.05, 3.63) is 46.1 Å². The first-order chi connectivity index (χ1) is 5.33. The number of halogens is 1. The molecule has 0 bridgehead atoms. The summed E-state index contributed by atoms with van der Waals surface area (Å²) in [6.45, 7) is 6.51. The third-order valence-corrected chi connectivity index (χ3v) is 1.50. The molecular weight excluding hydrogens is 204 g/mol. The van der Waals surface area contributed by atoms with E-state index in [-0.39, 0.29) is 0 Å². The summed E-state index contributed by atoms with van der Waals surface area (Å²) in [5.74, 6) is 0. The first kappa shape index (κ1) is 7.96. The Morgan fingerprint density at radius 2 is 2.36 bits per heavy atom. The van der Waals surface area contributed by atoms with Crippen molar-refractivity contribution in [3.8, 4) is 0 Å². The minimum absolute atomic E-state index is 0.921. The van der Waals surface area contributed by atoms with Crippen molar-refractivity contribution in [1.82, 2.24) is 4.98 Å². The second kappa shape index (κ2) is 3.89. The highest BCUT2D eigenvalue weighted by atomic mass is 79.9. The first-order valence-electron chi connectivity index (χ1n) is 2.96. The number of rotatable bonds is 1. The molecule has 1 aromatic rings. The van der Waals surface area contributed by atoms with E-state index in [1.165, 1.54) is 6.20 Å². The van der Waals surface area contributed by atoms with Crippen molar-refractivity contribution in [1.29, 1.82) is 0 Å². The zero-order chi connectivity index (χ0) is 8.10. The maximum atomic E-state index is 6.51. The van der Waals surface area contributed by atoms with E-state index in [1.807, 2.05) is 6.07 Å². The quantitative estimate of drug-likeness (QED) is 0.650. The third kappa shape index (κ3) is 2.52. The molecular formula is C8H5BrN2. The summed E-state index contributed by atoms with van der Waals surface area (Å²) in [7, 11) is 0. The molecule has 0 saturated heterocycles. The van der Waals surface area contributed by atoms with E-state index in [1.54, 1.807) is 18.5 Å². The zero-order valence-electron chi connectivity index (χ0n) is 5.66. The SMILES string of the molecule is [C-]#[N+]C=Cc1cncc(Br)c1.